The monoisotopic (exact) mass is 362 g/mol. The van der Waals surface area contributed by atoms with E-state index in [1.165, 1.54) is 0 Å². The molecule has 0 radical (unpaired) electrons. The van der Waals surface area contributed by atoms with Crippen molar-refractivity contribution in [1.29, 1.82) is 0 Å². The van der Waals surface area contributed by atoms with Crippen LogP contribution in [-0.2, 0) is 4.74 Å². The van der Waals surface area contributed by atoms with Gasteiger partial charge in [-0.05, 0) is 0 Å². The molecule has 0 aromatic heterocycles. The first-order chi connectivity index (χ1) is 6.21. The average Bonchev–Trinajstić information content (AvgIpc) is 1.77. The van der Waals surface area contributed by atoms with Gasteiger partial charge in [0.25, 0.3) is 0 Å². The van der Waals surface area contributed by atoms with Crippen molar-refractivity contribution in [3.63, 3.8) is 0 Å². The maximum absolute atomic E-state index is 12.0. The second-order valence-electron chi connectivity index (χ2n) is 2.13. The van der Waals surface area contributed by atoms with E-state index in [4.69, 9.17) is 0 Å². The van der Waals surface area contributed by atoms with E-state index in [1.54, 1.807) is 4.74 Å². The molecule has 15 heavy (non-hydrogen) atoms. The molecule has 0 spiro atoms. The molecule has 0 aliphatic rings. The SMILES string of the molecule is FC(F)(F)C(F)(F)OC(F)(F)C(F)(F)I. The van der Waals surface area contributed by atoms with Gasteiger partial charge in [0.05, 0.1) is 0 Å². The van der Waals surface area contributed by atoms with Gasteiger partial charge in [0.2, 0.25) is 0 Å². The molecule has 0 rings (SSSR count). The van der Waals surface area contributed by atoms with E-state index >= 15 is 0 Å². The molecule has 0 aliphatic heterocycles. The van der Waals surface area contributed by atoms with Crippen molar-refractivity contribution in [2.75, 3.05) is 0 Å². The number of alkyl halides is 10. The van der Waals surface area contributed by atoms with E-state index < -0.39 is 22.3 Å². The van der Waals surface area contributed by atoms with Crippen molar-refractivity contribution < 1.29 is 44.3 Å². The first-order valence-electron chi connectivity index (χ1n) is 2.80. The van der Waals surface area contributed by atoms with E-state index in [9.17, 15) is 39.5 Å². The third-order valence-corrected chi connectivity index (χ3v) is 1.54. The van der Waals surface area contributed by atoms with Gasteiger partial charge < -0.3 is 0 Å². The number of rotatable bonds is 3. The maximum atomic E-state index is 12.0. The van der Waals surface area contributed by atoms with Gasteiger partial charge in [-0.2, -0.15) is 39.5 Å². The van der Waals surface area contributed by atoms with E-state index in [0.717, 1.165) is 0 Å². The van der Waals surface area contributed by atoms with E-state index in [2.05, 4.69) is 0 Å². The molecule has 0 amide bonds. The molecular formula is C4F9IO. The number of ether oxygens (including phenoxy) is 1. The highest BCUT2D eigenvalue weighted by Gasteiger charge is 2.69. The summed E-state index contributed by atoms with van der Waals surface area (Å²) in [6.45, 7) is 0. The van der Waals surface area contributed by atoms with Crippen LogP contribution >= 0.6 is 22.6 Å². The van der Waals surface area contributed by atoms with Crippen molar-refractivity contribution in [3.05, 3.63) is 0 Å². The summed E-state index contributed by atoms with van der Waals surface area (Å²) >= 11 is -0.321. The van der Waals surface area contributed by atoms with Crippen LogP contribution in [0.25, 0.3) is 0 Å². The highest BCUT2D eigenvalue weighted by Crippen LogP contribution is 2.47. The summed E-state index contributed by atoms with van der Waals surface area (Å²) in [6.07, 6.45) is -18.8. The minimum Gasteiger partial charge on any atom is -0.242 e. The zero-order valence-corrected chi connectivity index (χ0v) is 8.35. The van der Waals surface area contributed by atoms with Gasteiger partial charge in [-0.15, -0.1) is 0 Å². The molecule has 0 aliphatic carbocycles. The van der Waals surface area contributed by atoms with Crippen LogP contribution in [0.5, 0.6) is 0 Å². The average molecular weight is 362 g/mol. The van der Waals surface area contributed by atoms with Crippen molar-refractivity contribution in [2.24, 2.45) is 0 Å². The summed E-state index contributed by atoms with van der Waals surface area (Å²) in [4.78, 5) is 0. The predicted molar refractivity (Wildman–Crippen MR) is 36.0 cm³/mol. The first-order valence-corrected chi connectivity index (χ1v) is 3.88. The van der Waals surface area contributed by atoms with Crippen LogP contribution < -0.4 is 0 Å². The van der Waals surface area contributed by atoms with Crippen LogP contribution in [0.2, 0.25) is 0 Å². The van der Waals surface area contributed by atoms with Crippen LogP contribution in [-0.4, -0.2) is 22.3 Å². The summed E-state index contributed by atoms with van der Waals surface area (Å²) in [6, 6.07) is 0. The molecule has 0 fully saturated rings. The molecule has 0 saturated carbocycles. The summed E-state index contributed by atoms with van der Waals surface area (Å²) < 4.78 is 102. The van der Waals surface area contributed by atoms with Gasteiger partial charge in [-0.3, -0.25) is 0 Å². The van der Waals surface area contributed by atoms with Gasteiger partial charge in [0.1, 0.15) is 0 Å². The largest absolute Gasteiger partial charge is 0.483 e. The molecule has 11 heteroatoms. The molecular weight excluding hydrogens is 362 g/mol. The smallest absolute Gasteiger partial charge is 0.242 e. The fourth-order valence-corrected chi connectivity index (χ4v) is 0.387. The summed E-state index contributed by atoms with van der Waals surface area (Å²) in [5.74, 6) is 0. The Morgan fingerprint density at radius 3 is 1.20 bits per heavy atom. The zero-order chi connectivity index (χ0) is 12.7. The summed E-state index contributed by atoms with van der Waals surface area (Å²) in [5.41, 5.74) is 0. The Balaban J connectivity index is 4.89. The van der Waals surface area contributed by atoms with Crippen LogP contribution in [0, 0.1) is 0 Å². The van der Waals surface area contributed by atoms with E-state index in [-0.39, 0.29) is 22.6 Å². The Morgan fingerprint density at radius 2 is 1.00 bits per heavy atom. The Kier molecular flexibility index (Phi) is 3.83. The zero-order valence-electron chi connectivity index (χ0n) is 6.19. The number of hydrogen-bond donors (Lipinski definition) is 0. The minimum atomic E-state index is -6.50. The lowest BCUT2D eigenvalue weighted by atomic mass is 10.5. The molecule has 1 nitrogen and oxygen atoms in total. The Hall–Kier alpha value is 0.0600. The van der Waals surface area contributed by atoms with Gasteiger partial charge in [-0.25, -0.2) is 4.74 Å². The molecule has 0 saturated heterocycles. The first kappa shape index (κ1) is 15.1. The fourth-order valence-electron chi connectivity index (χ4n) is 0.277. The highest BCUT2D eigenvalue weighted by atomic mass is 127. The van der Waals surface area contributed by atoms with Crippen LogP contribution in [0.1, 0.15) is 0 Å². The van der Waals surface area contributed by atoms with Crippen LogP contribution in [0.4, 0.5) is 39.5 Å². The second-order valence-corrected chi connectivity index (χ2v) is 3.49. The molecule has 0 heterocycles. The maximum Gasteiger partial charge on any atom is 0.483 e. The van der Waals surface area contributed by atoms with E-state index in [0.29, 0.717) is 0 Å². The van der Waals surface area contributed by atoms with Crippen molar-refractivity contribution in [2.45, 2.75) is 22.3 Å². The van der Waals surface area contributed by atoms with Crippen LogP contribution in [0.15, 0.2) is 0 Å². The molecule has 0 bridgehead atoms. The lowest BCUT2D eigenvalue weighted by Gasteiger charge is -2.27. The molecule has 0 aromatic carbocycles. The Bertz CT molecular complexity index is 203. The number of hydrogen-bond acceptors (Lipinski definition) is 1. The van der Waals surface area contributed by atoms with Gasteiger partial charge >= 0.3 is 22.3 Å². The fraction of sp³-hybridized carbons (Fsp3) is 1.00. The summed E-state index contributed by atoms with van der Waals surface area (Å²) in [5, 5.41) is 0. The quantitative estimate of drug-likeness (QED) is 0.422. The lowest BCUT2D eigenvalue weighted by Crippen LogP contribution is -2.49. The Morgan fingerprint density at radius 1 is 0.667 bits per heavy atom. The van der Waals surface area contributed by atoms with Gasteiger partial charge in [0, 0.05) is 22.6 Å². The Labute approximate surface area is 89.7 Å². The minimum absolute atomic E-state index is 0.321. The predicted octanol–water partition coefficient (Wildman–Crippen LogP) is 3.78. The lowest BCUT2D eigenvalue weighted by molar-refractivity contribution is -0.473. The molecule has 0 N–H and O–H groups in total. The van der Waals surface area contributed by atoms with Gasteiger partial charge in [-0.1, -0.05) is 0 Å². The van der Waals surface area contributed by atoms with Crippen molar-refractivity contribution in [3.8, 4) is 0 Å². The molecule has 0 unspecified atom stereocenters. The third kappa shape index (κ3) is 3.53. The third-order valence-electron chi connectivity index (χ3n) is 0.916. The van der Waals surface area contributed by atoms with Gasteiger partial charge in [0.15, 0.2) is 0 Å². The number of halogens is 10. The topological polar surface area (TPSA) is 9.23 Å². The van der Waals surface area contributed by atoms with Crippen molar-refractivity contribution >= 4 is 22.6 Å². The van der Waals surface area contributed by atoms with E-state index in [1.807, 2.05) is 0 Å². The standard InChI is InChI=1S/C4F9IO/c5-1(6,7)3(10,11)15-4(12,13)2(8,9)14. The van der Waals surface area contributed by atoms with Crippen molar-refractivity contribution in [1.82, 2.24) is 0 Å². The highest BCUT2D eigenvalue weighted by molar-refractivity contribution is 14.1. The normalized spacial score (nSPS) is 15.6. The molecule has 92 valence electrons. The summed E-state index contributed by atoms with van der Waals surface area (Å²) in [7, 11) is 0. The molecule has 0 atom stereocenters. The second kappa shape index (κ2) is 3.82. The van der Waals surface area contributed by atoms with Crippen LogP contribution in [0.3, 0.4) is 0 Å². The molecule has 0 aromatic rings.